The van der Waals surface area contributed by atoms with E-state index in [4.69, 9.17) is 4.74 Å². The average Bonchev–Trinajstić information content (AvgIpc) is 2.91. The van der Waals surface area contributed by atoms with Crippen LogP contribution in [-0.4, -0.2) is 32.3 Å². The standard InChI is InChI=1S/C14H17F3N2O2/c1-21-8-10-4-2-3-5-11(10)19-12(20)13(14(15,16)17)6-7-18-9-13/h2-5,18H,6-9H2,1H3,(H,19,20). The molecule has 0 bridgehead atoms. The Morgan fingerprint density at radius 1 is 1.43 bits per heavy atom. The van der Waals surface area contributed by atoms with Crippen LogP contribution in [-0.2, 0) is 16.1 Å². The Morgan fingerprint density at radius 2 is 2.14 bits per heavy atom. The van der Waals surface area contributed by atoms with Crippen molar-refractivity contribution >= 4 is 11.6 Å². The van der Waals surface area contributed by atoms with Gasteiger partial charge in [-0.3, -0.25) is 4.79 Å². The molecule has 1 aliphatic heterocycles. The van der Waals surface area contributed by atoms with Gasteiger partial charge in [-0.25, -0.2) is 0 Å². The van der Waals surface area contributed by atoms with E-state index in [1.54, 1.807) is 24.3 Å². The normalized spacial score (nSPS) is 22.3. The number of nitrogens with one attached hydrogen (secondary N) is 2. The molecule has 0 spiro atoms. The summed E-state index contributed by atoms with van der Waals surface area (Å²) < 4.78 is 44.9. The fourth-order valence-corrected chi connectivity index (χ4v) is 2.42. The van der Waals surface area contributed by atoms with Crippen LogP contribution in [0.5, 0.6) is 0 Å². The molecule has 1 atom stereocenters. The van der Waals surface area contributed by atoms with Crippen molar-refractivity contribution in [1.82, 2.24) is 5.32 Å². The third-order valence-corrected chi connectivity index (χ3v) is 3.70. The molecular formula is C14H17F3N2O2. The lowest BCUT2D eigenvalue weighted by Gasteiger charge is -2.29. The van der Waals surface area contributed by atoms with Crippen molar-refractivity contribution in [1.29, 1.82) is 0 Å². The lowest BCUT2D eigenvalue weighted by atomic mass is 9.85. The first-order valence-electron chi connectivity index (χ1n) is 6.56. The fraction of sp³-hybridized carbons (Fsp3) is 0.500. The molecule has 4 nitrogen and oxygen atoms in total. The molecule has 0 aliphatic carbocycles. The smallest absolute Gasteiger partial charge is 0.380 e. The maximum absolute atomic E-state index is 13.3. The second kappa shape index (κ2) is 6.03. The molecule has 2 N–H and O–H groups in total. The van der Waals surface area contributed by atoms with E-state index in [0.29, 0.717) is 11.3 Å². The zero-order chi connectivity index (χ0) is 15.5. The van der Waals surface area contributed by atoms with Crippen LogP contribution in [0.1, 0.15) is 12.0 Å². The molecular weight excluding hydrogens is 285 g/mol. The van der Waals surface area contributed by atoms with Gasteiger partial charge in [0.25, 0.3) is 0 Å². The number of amides is 1. The van der Waals surface area contributed by atoms with Crippen molar-refractivity contribution in [3.63, 3.8) is 0 Å². The molecule has 21 heavy (non-hydrogen) atoms. The number of hydrogen-bond acceptors (Lipinski definition) is 3. The number of para-hydroxylation sites is 1. The van der Waals surface area contributed by atoms with E-state index in [9.17, 15) is 18.0 Å². The van der Waals surface area contributed by atoms with Gasteiger partial charge >= 0.3 is 6.18 Å². The Hall–Kier alpha value is -1.60. The highest BCUT2D eigenvalue weighted by Gasteiger charge is 2.61. The van der Waals surface area contributed by atoms with Crippen LogP contribution >= 0.6 is 0 Å². The van der Waals surface area contributed by atoms with Crippen molar-refractivity contribution in [3.05, 3.63) is 29.8 Å². The number of anilines is 1. The van der Waals surface area contributed by atoms with Gasteiger partial charge in [-0.05, 0) is 19.0 Å². The molecule has 0 radical (unpaired) electrons. The van der Waals surface area contributed by atoms with E-state index < -0.39 is 24.0 Å². The second-order valence-corrected chi connectivity index (χ2v) is 5.05. The zero-order valence-corrected chi connectivity index (χ0v) is 11.6. The van der Waals surface area contributed by atoms with Gasteiger partial charge in [0.05, 0.1) is 6.61 Å². The minimum absolute atomic E-state index is 0.173. The van der Waals surface area contributed by atoms with Crippen LogP contribution in [0.2, 0.25) is 0 Å². The molecule has 116 valence electrons. The molecule has 1 aromatic carbocycles. The SMILES string of the molecule is COCc1ccccc1NC(=O)C1(C(F)(F)F)CCNC1. The molecule has 7 heteroatoms. The Morgan fingerprint density at radius 3 is 2.71 bits per heavy atom. The number of methoxy groups -OCH3 is 1. The minimum atomic E-state index is -4.59. The van der Waals surface area contributed by atoms with Gasteiger partial charge in [0.1, 0.15) is 0 Å². The van der Waals surface area contributed by atoms with Gasteiger partial charge in [-0.1, -0.05) is 18.2 Å². The summed E-state index contributed by atoms with van der Waals surface area (Å²) in [5, 5.41) is 5.03. The summed E-state index contributed by atoms with van der Waals surface area (Å²) in [6.45, 7) is -0.00481. The highest BCUT2D eigenvalue weighted by Crippen LogP contribution is 2.43. The molecule has 0 aromatic heterocycles. The Bertz CT molecular complexity index is 511. The maximum Gasteiger partial charge on any atom is 0.404 e. The molecule has 1 aromatic rings. The Balaban J connectivity index is 2.24. The van der Waals surface area contributed by atoms with Gasteiger partial charge in [-0.15, -0.1) is 0 Å². The summed E-state index contributed by atoms with van der Waals surface area (Å²) in [5.41, 5.74) is -1.38. The van der Waals surface area contributed by atoms with Gasteiger partial charge in [0, 0.05) is 24.9 Å². The molecule has 1 fully saturated rings. The number of rotatable bonds is 4. The first kappa shape index (κ1) is 15.8. The van der Waals surface area contributed by atoms with E-state index in [1.807, 2.05) is 0 Å². The molecule has 0 saturated carbocycles. The van der Waals surface area contributed by atoms with E-state index in [-0.39, 0.29) is 19.6 Å². The third kappa shape index (κ3) is 3.03. The van der Waals surface area contributed by atoms with E-state index in [2.05, 4.69) is 10.6 Å². The molecule has 1 aliphatic rings. The van der Waals surface area contributed by atoms with Gasteiger partial charge in [0.15, 0.2) is 5.41 Å². The first-order chi connectivity index (χ1) is 9.90. The highest BCUT2D eigenvalue weighted by molar-refractivity contribution is 5.97. The zero-order valence-electron chi connectivity index (χ0n) is 11.6. The predicted octanol–water partition coefficient (Wildman–Crippen LogP) is 2.31. The summed E-state index contributed by atoms with van der Waals surface area (Å²) in [4.78, 5) is 12.2. The van der Waals surface area contributed by atoms with E-state index >= 15 is 0 Å². The monoisotopic (exact) mass is 302 g/mol. The van der Waals surface area contributed by atoms with Crippen molar-refractivity contribution in [2.45, 2.75) is 19.2 Å². The minimum Gasteiger partial charge on any atom is -0.380 e. The summed E-state index contributed by atoms with van der Waals surface area (Å²) in [7, 11) is 1.48. The van der Waals surface area contributed by atoms with Crippen LogP contribution in [0.25, 0.3) is 0 Å². The number of ether oxygens (including phenoxy) is 1. The van der Waals surface area contributed by atoms with Crippen molar-refractivity contribution in [3.8, 4) is 0 Å². The maximum atomic E-state index is 13.3. The molecule has 2 rings (SSSR count). The van der Waals surface area contributed by atoms with Crippen molar-refractivity contribution in [2.24, 2.45) is 5.41 Å². The number of carbonyl (C=O) groups excluding carboxylic acids is 1. The third-order valence-electron chi connectivity index (χ3n) is 3.70. The lowest BCUT2D eigenvalue weighted by molar-refractivity contribution is -0.213. The molecule has 1 heterocycles. The number of hydrogen-bond donors (Lipinski definition) is 2. The van der Waals surface area contributed by atoms with Crippen LogP contribution in [0.4, 0.5) is 18.9 Å². The Kier molecular flexibility index (Phi) is 4.53. The first-order valence-corrected chi connectivity index (χ1v) is 6.56. The highest BCUT2D eigenvalue weighted by atomic mass is 19.4. The van der Waals surface area contributed by atoms with Crippen LogP contribution < -0.4 is 10.6 Å². The molecule has 1 saturated heterocycles. The predicted molar refractivity (Wildman–Crippen MR) is 71.8 cm³/mol. The van der Waals surface area contributed by atoms with Crippen molar-refractivity contribution in [2.75, 3.05) is 25.5 Å². The van der Waals surface area contributed by atoms with Gasteiger partial charge in [-0.2, -0.15) is 13.2 Å². The number of halogens is 3. The number of alkyl halides is 3. The lowest BCUT2D eigenvalue weighted by Crippen LogP contribution is -2.49. The molecule has 1 unspecified atom stereocenters. The van der Waals surface area contributed by atoms with E-state index in [1.165, 1.54) is 7.11 Å². The van der Waals surface area contributed by atoms with Gasteiger partial charge < -0.3 is 15.4 Å². The summed E-state index contributed by atoms with van der Waals surface area (Å²) >= 11 is 0. The second-order valence-electron chi connectivity index (χ2n) is 5.05. The molecule has 1 amide bonds. The summed E-state index contributed by atoms with van der Waals surface area (Å²) in [6, 6.07) is 6.66. The average molecular weight is 302 g/mol. The van der Waals surface area contributed by atoms with Crippen LogP contribution in [0.15, 0.2) is 24.3 Å². The topological polar surface area (TPSA) is 50.4 Å². The van der Waals surface area contributed by atoms with E-state index in [0.717, 1.165) is 0 Å². The Labute approximate surface area is 120 Å². The van der Waals surface area contributed by atoms with Crippen LogP contribution in [0.3, 0.4) is 0 Å². The quantitative estimate of drug-likeness (QED) is 0.897. The summed E-state index contributed by atoms with van der Waals surface area (Å²) in [6.07, 6.45) is -4.84. The number of carbonyl (C=O) groups is 1. The number of benzene rings is 1. The van der Waals surface area contributed by atoms with Crippen LogP contribution in [0, 0.1) is 5.41 Å². The largest absolute Gasteiger partial charge is 0.404 e. The summed E-state index contributed by atoms with van der Waals surface area (Å²) in [5.74, 6) is -1.02. The van der Waals surface area contributed by atoms with Gasteiger partial charge in [0.2, 0.25) is 5.91 Å². The fourth-order valence-electron chi connectivity index (χ4n) is 2.42. The van der Waals surface area contributed by atoms with Crippen molar-refractivity contribution < 1.29 is 22.7 Å².